The zero-order valence-corrected chi connectivity index (χ0v) is 17.6. The largest absolute Gasteiger partial charge is 0.444 e. The Bertz CT molecular complexity index is 1090. The third kappa shape index (κ3) is 4.02. The highest BCUT2D eigenvalue weighted by atomic mass is 16.6. The molecule has 0 bridgehead atoms. The van der Waals surface area contributed by atoms with Crippen molar-refractivity contribution in [2.45, 2.75) is 45.1 Å². The lowest BCUT2D eigenvalue weighted by Crippen LogP contribution is -2.41. The van der Waals surface area contributed by atoms with E-state index < -0.39 is 5.60 Å². The molecule has 1 N–H and O–H groups in total. The van der Waals surface area contributed by atoms with E-state index in [1.807, 2.05) is 26.8 Å². The van der Waals surface area contributed by atoms with E-state index in [4.69, 9.17) is 4.74 Å². The first kappa shape index (κ1) is 20.0. The molecule has 0 unspecified atom stereocenters. The van der Waals surface area contributed by atoms with Gasteiger partial charge in [0.05, 0.1) is 5.56 Å². The Hall–Kier alpha value is -3.33. The Morgan fingerprint density at radius 2 is 1.90 bits per heavy atom. The van der Waals surface area contributed by atoms with E-state index in [2.05, 4.69) is 40.3 Å². The maximum atomic E-state index is 12.3. The monoisotopic (exact) mass is 402 g/mol. The molecular formula is C24H26N4O2. The smallest absolute Gasteiger partial charge is 0.410 e. The first-order chi connectivity index (χ1) is 14.4. The minimum atomic E-state index is -0.465. The molecule has 30 heavy (non-hydrogen) atoms. The summed E-state index contributed by atoms with van der Waals surface area (Å²) in [5, 5.41) is 10.3. The Labute approximate surface area is 176 Å². The number of pyridine rings is 1. The molecular weight excluding hydrogens is 376 g/mol. The second-order valence-electron chi connectivity index (χ2n) is 8.76. The SMILES string of the molecule is CC(C)(C)OC(=O)N1CCC(c2ccc(-c3ccnc4[nH]cc(C#N)c34)cc2)CC1. The Morgan fingerprint density at radius 3 is 2.53 bits per heavy atom. The zero-order valence-electron chi connectivity index (χ0n) is 17.6. The molecule has 2 aromatic heterocycles. The van der Waals surface area contributed by atoms with Crippen molar-refractivity contribution in [1.29, 1.82) is 5.26 Å². The van der Waals surface area contributed by atoms with E-state index in [1.165, 1.54) is 5.56 Å². The maximum absolute atomic E-state index is 12.3. The molecule has 4 rings (SSSR count). The van der Waals surface area contributed by atoms with E-state index >= 15 is 0 Å². The van der Waals surface area contributed by atoms with Crippen LogP contribution < -0.4 is 0 Å². The van der Waals surface area contributed by atoms with Crippen LogP contribution in [0, 0.1) is 11.3 Å². The van der Waals surface area contributed by atoms with Crippen LogP contribution in [0.3, 0.4) is 0 Å². The van der Waals surface area contributed by atoms with Gasteiger partial charge in [-0.15, -0.1) is 0 Å². The van der Waals surface area contributed by atoms with Crippen molar-refractivity contribution in [3.8, 4) is 17.2 Å². The van der Waals surface area contributed by atoms with Crippen molar-refractivity contribution < 1.29 is 9.53 Å². The number of hydrogen-bond acceptors (Lipinski definition) is 4. The van der Waals surface area contributed by atoms with Gasteiger partial charge in [-0.3, -0.25) is 0 Å². The lowest BCUT2D eigenvalue weighted by atomic mass is 9.88. The highest BCUT2D eigenvalue weighted by Crippen LogP contribution is 2.33. The third-order valence-electron chi connectivity index (χ3n) is 5.53. The van der Waals surface area contributed by atoms with Crippen LogP contribution in [0.5, 0.6) is 0 Å². The van der Waals surface area contributed by atoms with Crippen molar-refractivity contribution >= 4 is 17.1 Å². The van der Waals surface area contributed by atoms with Crippen molar-refractivity contribution in [1.82, 2.24) is 14.9 Å². The average Bonchev–Trinajstić information content (AvgIpc) is 3.16. The topological polar surface area (TPSA) is 82.0 Å². The molecule has 6 heteroatoms. The summed E-state index contributed by atoms with van der Waals surface area (Å²) in [7, 11) is 0. The number of nitrogens with one attached hydrogen (secondary N) is 1. The summed E-state index contributed by atoms with van der Waals surface area (Å²) in [6.45, 7) is 7.09. The first-order valence-electron chi connectivity index (χ1n) is 10.3. The molecule has 1 aliphatic rings. The number of nitriles is 1. The summed E-state index contributed by atoms with van der Waals surface area (Å²) in [5.74, 6) is 0.428. The van der Waals surface area contributed by atoms with Gasteiger partial charge in [0.25, 0.3) is 0 Å². The van der Waals surface area contributed by atoms with Crippen LogP contribution in [0.15, 0.2) is 42.7 Å². The van der Waals surface area contributed by atoms with Crippen LogP contribution in [0.25, 0.3) is 22.2 Å². The standard InChI is InChI=1S/C24H26N4O2/c1-24(2,3)30-23(29)28-12-9-17(10-13-28)16-4-6-18(7-5-16)20-8-11-26-22-21(20)19(14-25)15-27-22/h4-8,11,15,17H,9-10,12-13H2,1-3H3,(H,26,27). The van der Waals surface area contributed by atoms with Crippen molar-refractivity contribution in [2.75, 3.05) is 13.1 Å². The van der Waals surface area contributed by atoms with Gasteiger partial charge < -0.3 is 14.6 Å². The highest BCUT2D eigenvalue weighted by Gasteiger charge is 2.27. The van der Waals surface area contributed by atoms with Crippen LogP contribution >= 0.6 is 0 Å². The maximum Gasteiger partial charge on any atom is 0.410 e. The summed E-state index contributed by atoms with van der Waals surface area (Å²) in [6.07, 6.45) is 5.09. The molecule has 0 saturated carbocycles. The quantitative estimate of drug-likeness (QED) is 0.637. The van der Waals surface area contributed by atoms with Gasteiger partial charge in [-0.2, -0.15) is 5.26 Å². The van der Waals surface area contributed by atoms with E-state index in [0.29, 0.717) is 24.6 Å². The van der Waals surface area contributed by atoms with Gasteiger partial charge in [0.2, 0.25) is 0 Å². The number of aromatic amines is 1. The van der Waals surface area contributed by atoms with Gasteiger partial charge in [0.1, 0.15) is 17.3 Å². The van der Waals surface area contributed by atoms with E-state index in [1.54, 1.807) is 17.3 Å². The van der Waals surface area contributed by atoms with Crippen LogP contribution in [0.1, 0.15) is 50.7 Å². The summed E-state index contributed by atoms with van der Waals surface area (Å²) in [6, 6.07) is 12.7. The summed E-state index contributed by atoms with van der Waals surface area (Å²) in [4.78, 5) is 21.5. The van der Waals surface area contributed by atoms with Crippen molar-refractivity contribution in [3.05, 3.63) is 53.9 Å². The molecule has 0 aliphatic carbocycles. The van der Waals surface area contributed by atoms with Gasteiger partial charge in [-0.05, 0) is 62.3 Å². The molecule has 1 aromatic carbocycles. The Morgan fingerprint density at radius 1 is 1.20 bits per heavy atom. The zero-order chi connectivity index (χ0) is 21.3. The number of rotatable bonds is 2. The van der Waals surface area contributed by atoms with Crippen LogP contribution in [-0.2, 0) is 4.74 Å². The molecule has 1 aliphatic heterocycles. The van der Waals surface area contributed by atoms with Crippen molar-refractivity contribution in [2.24, 2.45) is 0 Å². The summed E-state index contributed by atoms with van der Waals surface area (Å²) in [5.41, 5.74) is 4.21. The number of fused-ring (bicyclic) bond motifs is 1. The average molecular weight is 402 g/mol. The summed E-state index contributed by atoms with van der Waals surface area (Å²) < 4.78 is 5.49. The predicted molar refractivity (Wildman–Crippen MR) is 116 cm³/mol. The second kappa shape index (κ2) is 7.83. The third-order valence-corrected chi connectivity index (χ3v) is 5.53. The molecule has 1 saturated heterocycles. The van der Waals surface area contributed by atoms with E-state index in [9.17, 15) is 10.1 Å². The number of nitrogens with zero attached hydrogens (tertiary/aromatic N) is 3. The second-order valence-corrected chi connectivity index (χ2v) is 8.76. The van der Waals surface area contributed by atoms with Crippen LogP contribution in [-0.4, -0.2) is 39.7 Å². The number of amides is 1. The number of benzene rings is 1. The fraction of sp³-hybridized carbons (Fsp3) is 0.375. The molecule has 6 nitrogen and oxygen atoms in total. The predicted octanol–water partition coefficient (Wildman–Crippen LogP) is 5.22. The molecule has 0 radical (unpaired) electrons. The minimum absolute atomic E-state index is 0.224. The Balaban J connectivity index is 1.48. The van der Waals surface area contributed by atoms with Gasteiger partial charge >= 0.3 is 6.09 Å². The first-order valence-corrected chi connectivity index (χ1v) is 10.3. The van der Waals surface area contributed by atoms with E-state index in [0.717, 1.165) is 35.0 Å². The number of piperidine rings is 1. The van der Waals surface area contributed by atoms with Gasteiger partial charge in [0.15, 0.2) is 0 Å². The number of likely N-dealkylation sites (tertiary alicyclic amines) is 1. The number of H-pyrrole nitrogens is 1. The lowest BCUT2D eigenvalue weighted by molar-refractivity contribution is 0.0205. The number of ether oxygens (including phenoxy) is 1. The highest BCUT2D eigenvalue weighted by molar-refractivity contribution is 5.97. The van der Waals surface area contributed by atoms with Crippen LogP contribution in [0.4, 0.5) is 4.79 Å². The molecule has 1 amide bonds. The fourth-order valence-corrected chi connectivity index (χ4v) is 4.04. The lowest BCUT2D eigenvalue weighted by Gasteiger charge is -2.33. The van der Waals surface area contributed by atoms with Gasteiger partial charge in [-0.25, -0.2) is 9.78 Å². The van der Waals surface area contributed by atoms with E-state index in [-0.39, 0.29) is 6.09 Å². The number of aromatic nitrogens is 2. The van der Waals surface area contributed by atoms with Crippen LogP contribution in [0.2, 0.25) is 0 Å². The Kier molecular flexibility index (Phi) is 5.21. The molecule has 1 fully saturated rings. The fourth-order valence-electron chi connectivity index (χ4n) is 4.04. The summed E-state index contributed by atoms with van der Waals surface area (Å²) >= 11 is 0. The van der Waals surface area contributed by atoms with Gasteiger partial charge in [-0.1, -0.05) is 24.3 Å². The normalized spacial score (nSPS) is 15.2. The molecule has 154 valence electrons. The molecule has 3 aromatic rings. The number of hydrogen-bond donors (Lipinski definition) is 1. The number of carbonyl (C=O) groups is 1. The number of carbonyl (C=O) groups excluding carboxylic acids is 1. The minimum Gasteiger partial charge on any atom is -0.444 e. The molecule has 3 heterocycles. The van der Waals surface area contributed by atoms with Gasteiger partial charge in [0, 0.05) is 30.9 Å². The molecule has 0 atom stereocenters. The van der Waals surface area contributed by atoms with Crippen molar-refractivity contribution in [3.63, 3.8) is 0 Å². The molecule has 0 spiro atoms.